The van der Waals surface area contributed by atoms with Crippen LogP contribution in [0.2, 0.25) is 0 Å². The van der Waals surface area contributed by atoms with Gasteiger partial charge < -0.3 is 15.3 Å². The number of aliphatic hydroxyl groups excluding tert-OH is 1. The van der Waals surface area contributed by atoms with E-state index in [2.05, 4.69) is 22.6 Å². The molecule has 28 heavy (non-hydrogen) atoms. The third kappa shape index (κ3) is 3.54. The van der Waals surface area contributed by atoms with Crippen LogP contribution in [0.4, 0.5) is 0 Å². The van der Waals surface area contributed by atoms with E-state index in [-0.39, 0.29) is 30.2 Å². The summed E-state index contributed by atoms with van der Waals surface area (Å²) in [6.07, 6.45) is 9.05. The van der Waals surface area contributed by atoms with E-state index < -0.39 is 18.2 Å². The normalized spacial score (nSPS) is 28.2. The van der Waals surface area contributed by atoms with E-state index in [4.69, 9.17) is 0 Å². The zero-order valence-electron chi connectivity index (χ0n) is 16.8. The van der Waals surface area contributed by atoms with Crippen molar-refractivity contribution in [3.05, 3.63) is 11.9 Å². The molecule has 0 bridgehead atoms. The Hall–Kier alpha value is -1.96. The minimum absolute atomic E-state index is 0.123. The molecule has 4 rings (SSSR count). The number of carbonyl (C=O) groups is 2. The molecule has 3 fully saturated rings. The predicted molar refractivity (Wildman–Crippen MR) is 102 cm³/mol. The van der Waals surface area contributed by atoms with E-state index in [0.717, 1.165) is 44.2 Å². The fourth-order valence-electron chi connectivity index (χ4n) is 4.98. The molecular weight excluding hydrogens is 358 g/mol. The number of likely N-dealkylation sites (tertiary alicyclic amines) is 1. The Bertz CT molecular complexity index is 738. The van der Waals surface area contributed by atoms with Crippen molar-refractivity contribution in [3.8, 4) is 0 Å². The fourth-order valence-corrected chi connectivity index (χ4v) is 4.98. The van der Waals surface area contributed by atoms with Gasteiger partial charge in [0.1, 0.15) is 12.1 Å². The van der Waals surface area contributed by atoms with Crippen LogP contribution in [0.1, 0.15) is 75.9 Å². The Morgan fingerprint density at radius 2 is 2.00 bits per heavy atom. The van der Waals surface area contributed by atoms with E-state index in [1.54, 1.807) is 16.6 Å². The minimum atomic E-state index is -0.677. The summed E-state index contributed by atoms with van der Waals surface area (Å²) in [5.41, 5.74) is 0.728. The molecule has 1 aromatic heterocycles. The van der Waals surface area contributed by atoms with E-state index in [9.17, 15) is 14.7 Å². The first-order chi connectivity index (χ1) is 13.4. The molecule has 154 valence electrons. The van der Waals surface area contributed by atoms with E-state index in [0.29, 0.717) is 5.92 Å². The van der Waals surface area contributed by atoms with E-state index >= 15 is 0 Å². The minimum Gasteiger partial charge on any atom is -0.391 e. The number of β-amino-alcohol motifs (C(OH)–C–C–N with tert-alkyl or cyclic N) is 1. The van der Waals surface area contributed by atoms with Gasteiger partial charge in [-0.05, 0) is 31.1 Å². The average Bonchev–Trinajstić information content (AvgIpc) is 3.29. The second kappa shape index (κ2) is 7.46. The lowest BCUT2D eigenvalue weighted by molar-refractivity contribution is -0.145. The molecule has 1 aliphatic heterocycles. The largest absolute Gasteiger partial charge is 0.391 e. The fraction of sp³-hybridized carbons (Fsp3) is 0.800. The number of hydrogen-bond donors (Lipinski definition) is 2. The first-order valence-electron chi connectivity index (χ1n) is 10.5. The predicted octanol–water partition coefficient (Wildman–Crippen LogP) is 1.37. The van der Waals surface area contributed by atoms with Gasteiger partial charge in [-0.1, -0.05) is 31.4 Å². The van der Waals surface area contributed by atoms with Crippen LogP contribution in [-0.2, 0) is 9.59 Å². The van der Waals surface area contributed by atoms with Crippen molar-refractivity contribution in [3.63, 3.8) is 0 Å². The van der Waals surface area contributed by atoms with Crippen LogP contribution in [0, 0.1) is 5.41 Å². The van der Waals surface area contributed by atoms with Crippen molar-refractivity contribution in [1.29, 1.82) is 0 Å². The quantitative estimate of drug-likeness (QED) is 0.792. The molecule has 2 N–H and O–H groups in total. The molecule has 2 unspecified atom stereocenters. The van der Waals surface area contributed by atoms with Gasteiger partial charge in [-0.2, -0.15) is 0 Å². The molecule has 8 heteroatoms. The highest BCUT2D eigenvalue weighted by Crippen LogP contribution is 2.46. The van der Waals surface area contributed by atoms with Crippen molar-refractivity contribution in [2.45, 2.75) is 82.4 Å². The highest BCUT2D eigenvalue weighted by atomic mass is 16.3. The number of rotatable bonds is 5. The van der Waals surface area contributed by atoms with Gasteiger partial charge in [0, 0.05) is 32.1 Å². The summed E-state index contributed by atoms with van der Waals surface area (Å²) in [7, 11) is 1.56. The van der Waals surface area contributed by atoms with Gasteiger partial charge in [-0.25, -0.2) is 4.68 Å². The molecule has 2 heterocycles. The lowest BCUT2D eigenvalue weighted by atomic mass is 9.70. The van der Waals surface area contributed by atoms with Crippen molar-refractivity contribution in [1.82, 2.24) is 25.2 Å². The van der Waals surface area contributed by atoms with Crippen molar-refractivity contribution in [2.75, 3.05) is 13.6 Å². The van der Waals surface area contributed by atoms with Crippen molar-refractivity contribution < 1.29 is 14.7 Å². The molecule has 2 saturated carbocycles. The summed E-state index contributed by atoms with van der Waals surface area (Å²) < 4.78 is 1.74. The summed E-state index contributed by atoms with van der Waals surface area (Å²) in [6, 6.07) is -1.13. The highest BCUT2D eigenvalue weighted by molar-refractivity contribution is 5.90. The Morgan fingerprint density at radius 3 is 2.64 bits per heavy atom. The summed E-state index contributed by atoms with van der Waals surface area (Å²) in [5.74, 6) is 0.118. The Morgan fingerprint density at radius 1 is 1.29 bits per heavy atom. The molecule has 0 spiro atoms. The second-order valence-corrected chi connectivity index (χ2v) is 9.03. The topological polar surface area (TPSA) is 100 Å². The molecule has 2 amide bonds. The number of carbonyl (C=O) groups excluding carboxylic acids is 2. The molecule has 0 radical (unpaired) electrons. The summed E-state index contributed by atoms with van der Waals surface area (Å²) >= 11 is 0. The molecule has 3 atom stereocenters. The maximum Gasteiger partial charge on any atom is 0.248 e. The molecule has 8 nitrogen and oxygen atoms in total. The lowest BCUT2D eigenvalue weighted by Crippen LogP contribution is -2.51. The van der Waals surface area contributed by atoms with Crippen molar-refractivity contribution in [2.24, 2.45) is 5.41 Å². The van der Waals surface area contributed by atoms with Crippen LogP contribution in [0.25, 0.3) is 0 Å². The highest BCUT2D eigenvalue weighted by Gasteiger charge is 2.48. The number of likely N-dealkylation sites (N-methyl/N-ethyl adjacent to an activating group) is 1. The molecule has 2 aliphatic carbocycles. The Kier molecular flexibility index (Phi) is 5.16. The van der Waals surface area contributed by atoms with E-state index in [1.807, 2.05) is 6.20 Å². The smallest absolute Gasteiger partial charge is 0.248 e. The molecular formula is C20H31N5O3. The lowest BCUT2D eigenvalue weighted by Gasteiger charge is -2.41. The van der Waals surface area contributed by atoms with Crippen LogP contribution < -0.4 is 5.32 Å². The number of nitrogens with one attached hydrogen (secondary N) is 1. The second-order valence-electron chi connectivity index (χ2n) is 9.03. The molecule has 3 aliphatic rings. The zero-order chi connectivity index (χ0) is 19.9. The number of nitrogens with zero attached hydrogens (tertiary/aromatic N) is 4. The number of aliphatic hydroxyl groups is 1. The van der Waals surface area contributed by atoms with Crippen molar-refractivity contribution >= 4 is 11.8 Å². The third-order valence-electron chi connectivity index (χ3n) is 6.79. The maximum absolute atomic E-state index is 13.8. The molecule has 1 aromatic rings. The Labute approximate surface area is 165 Å². The Balaban J connectivity index is 1.67. The van der Waals surface area contributed by atoms with E-state index in [1.165, 1.54) is 6.42 Å². The van der Waals surface area contributed by atoms with Crippen LogP contribution >= 0.6 is 0 Å². The van der Waals surface area contributed by atoms with Gasteiger partial charge in [0.05, 0.1) is 11.8 Å². The third-order valence-corrected chi connectivity index (χ3v) is 6.79. The maximum atomic E-state index is 13.8. The van der Waals surface area contributed by atoms with Gasteiger partial charge >= 0.3 is 0 Å². The zero-order valence-corrected chi connectivity index (χ0v) is 16.8. The first kappa shape index (κ1) is 19.4. The van der Waals surface area contributed by atoms with Crippen LogP contribution in [0.3, 0.4) is 0 Å². The van der Waals surface area contributed by atoms with Gasteiger partial charge in [0.2, 0.25) is 11.8 Å². The van der Waals surface area contributed by atoms with Gasteiger partial charge in [-0.15, -0.1) is 5.10 Å². The van der Waals surface area contributed by atoms with Crippen LogP contribution in [0.15, 0.2) is 6.20 Å². The van der Waals surface area contributed by atoms with Crippen LogP contribution in [0.5, 0.6) is 0 Å². The monoisotopic (exact) mass is 389 g/mol. The van der Waals surface area contributed by atoms with Gasteiger partial charge in [0.25, 0.3) is 0 Å². The molecule has 0 aromatic carbocycles. The summed E-state index contributed by atoms with van der Waals surface area (Å²) in [6.45, 7) is 2.35. The average molecular weight is 390 g/mol. The summed E-state index contributed by atoms with van der Waals surface area (Å²) in [5, 5.41) is 21.5. The number of aromatic nitrogens is 3. The van der Waals surface area contributed by atoms with Gasteiger partial charge in [-0.3, -0.25) is 9.59 Å². The number of amides is 2. The van der Waals surface area contributed by atoms with Crippen LogP contribution in [-0.4, -0.2) is 62.6 Å². The standard InChI is InChI=1S/C20H31N5O3/c1-20(8-4-3-5-9-20)17(25-12-15(22-23-25)13-6-7-13)19(28)24-11-14(26)10-16(24)18(27)21-2/h12-14,16-17,26H,3-11H2,1-2H3,(H,21,27)/t14?,16-,17?/m1/s1. The molecule has 1 saturated heterocycles. The SMILES string of the molecule is CNC(=O)[C@H]1CC(O)CN1C(=O)C(n1cc(C2CC2)nn1)C1(C)CCCCC1. The summed E-state index contributed by atoms with van der Waals surface area (Å²) in [4.78, 5) is 27.7. The first-order valence-corrected chi connectivity index (χ1v) is 10.5. The van der Waals surface area contributed by atoms with Gasteiger partial charge in [0.15, 0.2) is 0 Å². The number of hydrogen-bond acceptors (Lipinski definition) is 5.